The zero-order valence-electron chi connectivity index (χ0n) is 16.5. The van der Waals surface area contributed by atoms with Crippen molar-refractivity contribution in [3.8, 4) is 0 Å². The summed E-state index contributed by atoms with van der Waals surface area (Å²) >= 11 is 0. The average molecular weight is 400 g/mol. The number of benzene rings is 1. The van der Waals surface area contributed by atoms with Crippen LogP contribution in [0.4, 0.5) is 11.6 Å². The van der Waals surface area contributed by atoms with Crippen LogP contribution in [0.1, 0.15) is 23.0 Å². The first-order chi connectivity index (χ1) is 14.0. The molecule has 0 saturated carbocycles. The van der Waals surface area contributed by atoms with Crippen molar-refractivity contribution in [2.24, 2.45) is 0 Å². The van der Waals surface area contributed by atoms with E-state index >= 15 is 0 Å². The number of ketones is 1. The molecule has 0 atom stereocenters. The number of anilines is 2. The Kier molecular flexibility index (Phi) is 6.73. The Bertz CT molecular complexity index is 933. The Morgan fingerprint density at radius 3 is 2.52 bits per heavy atom. The lowest BCUT2D eigenvalue weighted by Crippen LogP contribution is -2.42. The second kappa shape index (κ2) is 9.44. The van der Waals surface area contributed by atoms with Gasteiger partial charge < -0.3 is 19.7 Å². The van der Waals surface area contributed by atoms with Crippen molar-refractivity contribution in [2.45, 2.75) is 20.1 Å². The first-order valence-corrected chi connectivity index (χ1v) is 9.31. The van der Waals surface area contributed by atoms with Gasteiger partial charge in [0, 0.05) is 37.5 Å². The summed E-state index contributed by atoms with van der Waals surface area (Å²) in [4.78, 5) is 43.1. The third-order valence-corrected chi connectivity index (χ3v) is 4.50. The highest BCUT2D eigenvalue weighted by Crippen LogP contribution is 2.14. The molecule has 29 heavy (non-hydrogen) atoms. The number of Topliss-reactive ketones (excluding diaryl/α,β-unsaturated/α-hetero) is 1. The maximum absolute atomic E-state index is 12.7. The Morgan fingerprint density at radius 1 is 1.21 bits per heavy atom. The smallest absolute Gasteiger partial charge is 0.255 e. The number of hydrogen-bond acceptors (Lipinski definition) is 7. The number of hydrogen-bond donors (Lipinski definition) is 1. The zero-order chi connectivity index (χ0) is 20.8. The van der Waals surface area contributed by atoms with Gasteiger partial charge in [0.2, 0.25) is 11.9 Å². The lowest BCUT2D eigenvalue weighted by atomic mass is 10.1. The molecule has 9 heteroatoms. The number of nitrogens with one attached hydrogen (secondary N) is 1. The number of nitrogens with zero attached hydrogens (tertiary/aromatic N) is 3. The molecular formula is C20H24N4O5. The van der Waals surface area contributed by atoms with E-state index in [1.165, 1.54) is 24.7 Å². The third-order valence-electron chi connectivity index (χ3n) is 4.50. The van der Waals surface area contributed by atoms with Crippen LogP contribution in [-0.2, 0) is 27.4 Å². The molecule has 1 saturated heterocycles. The molecule has 0 unspecified atom stereocenters. The Labute approximate surface area is 168 Å². The second-order valence-electron chi connectivity index (χ2n) is 6.69. The van der Waals surface area contributed by atoms with Gasteiger partial charge in [0.05, 0.1) is 25.5 Å². The number of carbonyl (C=O) groups excluding carboxylic acids is 2. The highest BCUT2D eigenvalue weighted by Gasteiger charge is 2.20. The van der Waals surface area contributed by atoms with Gasteiger partial charge >= 0.3 is 0 Å². The fraction of sp³-hybridized carbons (Fsp3) is 0.400. The number of morpholine rings is 1. The molecule has 9 nitrogen and oxygen atoms in total. The molecule has 1 fully saturated rings. The molecule has 2 heterocycles. The Hall–Kier alpha value is -3.04. The van der Waals surface area contributed by atoms with Gasteiger partial charge in [0.1, 0.15) is 6.54 Å². The quantitative estimate of drug-likeness (QED) is 0.694. The second-order valence-corrected chi connectivity index (χ2v) is 6.69. The van der Waals surface area contributed by atoms with E-state index in [0.717, 1.165) is 0 Å². The van der Waals surface area contributed by atoms with E-state index in [0.29, 0.717) is 49.2 Å². The van der Waals surface area contributed by atoms with E-state index in [1.54, 1.807) is 24.3 Å². The van der Waals surface area contributed by atoms with E-state index < -0.39 is 0 Å². The highest BCUT2D eigenvalue weighted by atomic mass is 16.5. The van der Waals surface area contributed by atoms with Gasteiger partial charge in [-0.1, -0.05) is 0 Å². The molecule has 0 bridgehead atoms. The number of aromatic nitrogens is 2. The first kappa shape index (κ1) is 20.7. The van der Waals surface area contributed by atoms with Gasteiger partial charge in [0.15, 0.2) is 5.78 Å². The summed E-state index contributed by atoms with van der Waals surface area (Å²) in [7, 11) is 1.53. The van der Waals surface area contributed by atoms with E-state index in [-0.39, 0.29) is 30.4 Å². The van der Waals surface area contributed by atoms with Crippen LogP contribution in [-0.4, -0.2) is 54.7 Å². The summed E-state index contributed by atoms with van der Waals surface area (Å²) in [6.07, 6.45) is 0. The van der Waals surface area contributed by atoms with Gasteiger partial charge in [-0.2, -0.15) is 0 Å². The average Bonchev–Trinajstić information content (AvgIpc) is 2.71. The predicted octanol–water partition coefficient (Wildman–Crippen LogP) is 1.07. The molecule has 1 aromatic carbocycles. The van der Waals surface area contributed by atoms with Crippen LogP contribution in [0, 0.1) is 0 Å². The van der Waals surface area contributed by atoms with Crippen LogP contribution in [0.3, 0.4) is 0 Å². The van der Waals surface area contributed by atoms with E-state index in [9.17, 15) is 14.4 Å². The Morgan fingerprint density at radius 2 is 1.90 bits per heavy atom. The summed E-state index contributed by atoms with van der Waals surface area (Å²) in [6.45, 7) is 3.72. The van der Waals surface area contributed by atoms with Gasteiger partial charge in [-0.25, -0.2) is 4.98 Å². The maximum Gasteiger partial charge on any atom is 0.255 e. The van der Waals surface area contributed by atoms with Crippen molar-refractivity contribution in [2.75, 3.05) is 43.6 Å². The van der Waals surface area contributed by atoms with Gasteiger partial charge in [-0.3, -0.25) is 19.0 Å². The standard InChI is InChI=1S/C20H24N4O5/c1-14(25)15-3-5-16(6-4-15)21-18(26)12-24-19(27)11-17(13-28-2)22-20(24)23-7-9-29-10-8-23/h3-6,11H,7-10,12-13H2,1-2H3,(H,21,26). The number of ether oxygens (including phenoxy) is 2. The molecule has 1 aliphatic rings. The molecule has 0 spiro atoms. The fourth-order valence-electron chi connectivity index (χ4n) is 3.05. The summed E-state index contributed by atoms with van der Waals surface area (Å²) in [6, 6.07) is 7.97. The number of rotatable bonds is 7. The molecule has 1 aliphatic heterocycles. The van der Waals surface area contributed by atoms with Crippen LogP contribution in [0.5, 0.6) is 0 Å². The molecule has 2 aromatic rings. The lowest BCUT2D eigenvalue weighted by molar-refractivity contribution is -0.116. The van der Waals surface area contributed by atoms with E-state index in [1.807, 2.05) is 4.90 Å². The largest absolute Gasteiger partial charge is 0.378 e. The van der Waals surface area contributed by atoms with Gasteiger partial charge in [0.25, 0.3) is 5.56 Å². The normalized spacial score (nSPS) is 13.9. The summed E-state index contributed by atoms with van der Waals surface area (Å²) in [5, 5.41) is 2.75. The lowest BCUT2D eigenvalue weighted by Gasteiger charge is -2.29. The van der Waals surface area contributed by atoms with E-state index in [4.69, 9.17) is 9.47 Å². The zero-order valence-corrected chi connectivity index (χ0v) is 16.5. The van der Waals surface area contributed by atoms with Gasteiger partial charge in [-0.15, -0.1) is 0 Å². The number of amides is 1. The number of methoxy groups -OCH3 is 1. The molecule has 0 radical (unpaired) electrons. The van der Waals surface area contributed by atoms with Crippen molar-refractivity contribution in [1.29, 1.82) is 0 Å². The minimum absolute atomic E-state index is 0.0493. The van der Waals surface area contributed by atoms with Crippen molar-refractivity contribution in [3.63, 3.8) is 0 Å². The SMILES string of the molecule is COCc1cc(=O)n(CC(=O)Nc2ccc(C(C)=O)cc2)c(N2CCOCC2)n1. The van der Waals surface area contributed by atoms with Crippen LogP contribution >= 0.6 is 0 Å². The van der Waals surface area contributed by atoms with Crippen molar-refractivity contribution >= 4 is 23.3 Å². The van der Waals surface area contributed by atoms with Gasteiger partial charge in [-0.05, 0) is 31.2 Å². The van der Waals surface area contributed by atoms with E-state index in [2.05, 4.69) is 10.3 Å². The topological polar surface area (TPSA) is 103 Å². The first-order valence-electron chi connectivity index (χ1n) is 9.31. The molecule has 1 aromatic heterocycles. The fourth-order valence-corrected chi connectivity index (χ4v) is 3.05. The minimum atomic E-state index is -0.363. The summed E-state index contributed by atoms with van der Waals surface area (Å²) in [5.41, 5.74) is 1.29. The van der Waals surface area contributed by atoms with Crippen molar-refractivity contribution in [1.82, 2.24) is 9.55 Å². The molecular weight excluding hydrogens is 376 g/mol. The van der Waals surface area contributed by atoms with Crippen molar-refractivity contribution < 1.29 is 19.1 Å². The van der Waals surface area contributed by atoms with Crippen LogP contribution in [0.2, 0.25) is 0 Å². The molecule has 3 rings (SSSR count). The third kappa shape index (κ3) is 5.27. The molecule has 0 aliphatic carbocycles. The molecule has 154 valence electrons. The van der Waals surface area contributed by atoms with Crippen molar-refractivity contribution in [3.05, 3.63) is 51.9 Å². The predicted molar refractivity (Wildman–Crippen MR) is 107 cm³/mol. The molecule has 1 amide bonds. The summed E-state index contributed by atoms with van der Waals surface area (Å²) in [5.74, 6) is 0.0141. The summed E-state index contributed by atoms with van der Waals surface area (Å²) < 4.78 is 11.8. The van der Waals surface area contributed by atoms with Crippen LogP contribution < -0.4 is 15.8 Å². The molecule has 1 N–H and O–H groups in total. The highest BCUT2D eigenvalue weighted by molar-refractivity contribution is 5.95. The van der Waals surface area contributed by atoms with Crippen LogP contribution in [0.15, 0.2) is 35.1 Å². The Balaban J connectivity index is 1.81. The maximum atomic E-state index is 12.7. The van der Waals surface area contributed by atoms with Crippen LogP contribution in [0.25, 0.3) is 0 Å². The number of carbonyl (C=O) groups is 2. The minimum Gasteiger partial charge on any atom is -0.378 e. The monoisotopic (exact) mass is 400 g/mol.